The summed E-state index contributed by atoms with van der Waals surface area (Å²) in [5, 5.41) is 10.4. The average Bonchev–Trinajstić information content (AvgIpc) is 2.67. The van der Waals surface area contributed by atoms with Crippen LogP contribution in [-0.4, -0.2) is 86.7 Å². The summed E-state index contributed by atoms with van der Waals surface area (Å²) in [5.41, 5.74) is 0. The van der Waals surface area contributed by atoms with Gasteiger partial charge in [-0.15, -0.1) is 0 Å². The Kier molecular flexibility index (Phi) is 7.55. The highest BCUT2D eigenvalue weighted by atomic mass is 16.5. The molecule has 1 aromatic rings. The molecule has 0 radical (unpaired) electrons. The molecule has 1 aromatic carbocycles. The largest absolute Gasteiger partial charge is 0.493 e. The number of hydrogen-bond acceptors (Lipinski definition) is 6. The molecule has 2 aliphatic heterocycles. The average molecular weight is 364 g/mol. The third-order valence-electron chi connectivity index (χ3n) is 5.10. The summed E-state index contributed by atoms with van der Waals surface area (Å²) in [6, 6.07) is 7.65. The van der Waals surface area contributed by atoms with Crippen LogP contribution < -0.4 is 9.47 Å². The first-order chi connectivity index (χ1) is 12.7. The molecule has 6 nitrogen and oxygen atoms in total. The number of aliphatic hydroxyl groups excluding tert-OH is 1. The molecule has 0 aromatic heterocycles. The van der Waals surface area contributed by atoms with E-state index < -0.39 is 0 Å². The lowest BCUT2D eigenvalue weighted by Crippen LogP contribution is -2.49. The predicted molar refractivity (Wildman–Crippen MR) is 101 cm³/mol. The first-order valence-corrected chi connectivity index (χ1v) is 9.75. The molecule has 6 heteroatoms. The number of rotatable bonds is 8. The quantitative estimate of drug-likeness (QED) is 0.757. The molecule has 1 N–H and O–H groups in total. The monoisotopic (exact) mass is 364 g/mol. The summed E-state index contributed by atoms with van der Waals surface area (Å²) < 4.78 is 17.0. The highest BCUT2D eigenvalue weighted by molar-refractivity contribution is 5.39. The van der Waals surface area contributed by atoms with Gasteiger partial charge in [0.15, 0.2) is 11.5 Å². The summed E-state index contributed by atoms with van der Waals surface area (Å²) in [7, 11) is 1.64. The van der Waals surface area contributed by atoms with Gasteiger partial charge in [-0.25, -0.2) is 0 Å². The normalized spacial score (nSPS) is 23.5. The standard InChI is InChI=1S/C20H32N2O4/c1-24-19-7-3-4-8-20(19)26-16-18-15-22(11-12-25-18)14-17(23)13-21-9-5-2-6-10-21/h3-4,7-8,17-18,23H,2,5-6,9-16H2,1H3. The van der Waals surface area contributed by atoms with Gasteiger partial charge in [0.05, 0.1) is 19.8 Å². The Labute approximate surface area is 156 Å². The Balaban J connectivity index is 1.42. The highest BCUT2D eigenvalue weighted by Crippen LogP contribution is 2.26. The molecule has 0 aliphatic carbocycles. The van der Waals surface area contributed by atoms with Crippen LogP contribution in [0.1, 0.15) is 19.3 Å². The van der Waals surface area contributed by atoms with Crippen LogP contribution in [0.4, 0.5) is 0 Å². The van der Waals surface area contributed by atoms with Crippen molar-refractivity contribution >= 4 is 0 Å². The first kappa shape index (κ1) is 19.4. The number of para-hydroxylation sites is 2. The van der Waals surface area contributed by atoms with Crippen molar-refractivity contribution in [3.8, 4) is 11.5 Å². The molecule has 2 saturated heterocycles. The van der Waals surface area contributed by atoms with E-state index in [0.29, 0.717) is 19.8 Å². The smallest absolute Gasteiger partial charge is 0.161 e. The Morgan fingerprint density at radius 2 is 1.81 bits per heavy atom. The van der Waals surface area contributed by atoms with Gasteiger partial charge >= 0.3 is 0 Å². The minimum atomic E-state index is -0.304. The van der Waals surface area contributed by atoms with Crippen molar-refractivity contribution in [2.45, 2.75) is 31.5 Å². The van der Waals surface area contributed by atoms with Gasteiger partial charge in [0.1, 0.15) is 12.7 Å². The number of benzene rings is 1. The molecule has 0 bridgehead atoms. The van der Waals surface area contributed by atoms with E-state index in [0.717, 1.165) is 44.2 Å². The zero-order valence-electron chi connectivity index (χ0n) is 15.8. The summed E-state index contributed by atoms with van der Waals surface area (Å²) >= 11 is 0. The molecule has 2 atom stereocenters. The highest BCUT2D eigenvalue weighted by Gasteiger charge is 2.24. The number of likely N-dealkylation sites (tertiary alicyclic amines) is 1. The molecule has 26 heavy (non-hydrogen) atoms. The van der Waals surface area contributed by atoms with E-state index >= 15 is 0 Å². The Morgan fingerprint density at radius 1 is 1.08 bits per heavy atom. The molecule has 3 rings (SSSR count). The van der Waals surface area contributed by atoms with Gasteiger partial charge < -0.3 is 24.2 Å². The van der Waals surface area contributed by atoms with E-state index in [4.69, 9.17) is 14.2 Å². The van der Waals surface area contributed by atoms with Crippen LogP contribution in [0, 0.1) is 0 Å². The predicted octanol–water partition coefficient (Wildman–Crippen LogP) is 1.62. The van der Waals surface area contributed by atoms with E-state index in [1.807, 2.05) is 24.3 Å². The number of piperidine rings is 1. The molecule has 0 saturated carbocycles. The van der Waals surface area contributed by atoms with Crippen molar-refractivity contribution in [1.29, 1.82) is 0 Å². The van der Waals surface area contributed by atoms with E-state index in [1.54, 1.807) is 7.11 Å². The Hall–Kier alpha value is -1.34. The summed E-state index contributed by atoms with van der Waals surface area (Å²) in [5.74, 6) is 1.47. The van der Waals surface area contributed by atoms with Crippen LogP contribution >= 0.6 is 0 Å². The zero-order chi connectivity index (χ0) is 18.2. The third kappa shape index (κ3) is 5.84. The van der Waals surface area contributed by atoms with Gasteiger partial charge in [0.25, 0.3) is 0 Å². The lowest BCUT2D eigenvalue weighted by Gasteiger charge is -2.35. The molecule has 2 unspecified atom stereocenters. The number of aliphatic hydroxyl groups is 1. The number of β-amino-alcohol motifs (C(OH)–C–C–N with tert-alkyl or cyclic N) is 1. The second kappa shape index (κ2) is 10.1. The fourth-order valence-corrected chi connectivity index (χ4v) is 3.76. The molecule has 0 spiro atoms. The second-order valence-electron chi connectivity index (χ2n) is 7.23. The molecule has 146 valence electrons. The van der Waals surface area contributed by atoms with Crippen molar-refractivity contribution in [1.82, 2.24) is 9.80 Å². The summed E-state index contributed by atoms with van der Waals surface area (Å²) in [6.07, 6.45) is 3.54. The van der Waals surface area contributed by atoms with Crippen molar-refractivity contribution in [2.75, 3.05) is 59.6 Å². The number of hydrogen-bond donors (Lipinski definition) is 1. The van der Waals surface area contributed by atoms with E-state index in [2.05, 4.69) is 9.80 Å². The van der Waals surface area contributed by atoms with E-state index in [-0.39, 0.29) is 12.2 Å². The topological polar surface area (TPSA) is 54.4 Å². The molecule has 2 heterocycles. The number of nitrogens with zero attached hydrogens (tertiary/aromatic N) is 2. The van der Waals surface area contributed by atoms with Gasteiger partial charge in [0, 0.05) is 26.2 Å². The van der Waals surface area contributed by atoms with Crippen LogP contribution in [0.2, 0.25) is 0 Å². The lowest BCUT2D eigenvalue weighted by molar-refractivity contribution is -0.0597. The van der Waals surface area contributed by atoms with E-state index in [1.165, 1.54) is 19.3 Å². The molecule has 0 amide bonds. The Bertz CT molecular complexity index is 536. The zero-order valence-corrected chi connectivity index (χ0v) is 15.8. The van der Waals surface area contributed by atoms with Gasteiger partial charge in [-0.1, -0.05) is 18.6 Å². The summed E-state index contributed by atoms with van der Waals surface area (Å²) in [4.78, 5) is 4.67. The number of methoxy groups -OCH3 is 1. The van der Waals surface area contributed by atoms with Crippen LogP contribution in [-0.2, 0) is 4.74 Å². The van der Waals surface area contributed by atoms with Crippen LogP contribution in [0.15, 0.2) is 24.3 Å². The van der Waals surface area contributed by atoms with Crippen molar-refractivity contribution in [2.24, 2.45) is 0 Å². The Morgan fingerprint density at radius 3 is 2.58 bits per heavy atom. The minimum Gasteiger partial charge on any atom is -0.493 e. The van der Waals surface area contributed by atoms with E-state index in [9.17, 15) is 5.11 Å². The molecule has 2 fully saturated rings. The molecular formula is C20H32N2O4. The van der Waals surface area contributed by atoms with Crippen molar-refractivity contribution in [3.05, 3.63) is 24.3 Å². The first-order valence-electron chi connectivity index (χ1n) is 9.75. The fraction of sp³-hybridized carbons (Fsp3) is 0.700. The van der Waals surface area contributed by atoms with Gasteiger partial charge in [0.2, 0.25) is 0 Å². The maximum absolute atomic E-state index is 10.4. The van der Waals surface area contributed by atoms with Crippen molar-refractivity contribution in [3.63, 3.8) is 0 Å². The van der Waals surface area contributed by atoms with Crippen LogP contribution in [0.25, 0.3) is 0 Å². The second-order valence-corrected chi connectivity index (χ2v) is 7.23. The SMILES string of the molecule is COc1ccccc1OCC1CN(CC(O)CN2CCCCC2)CCO1. The van der Waals surface area contributed by atoms with Crippen LogP contribution in [0.5, 0.6) is 11.5 Å². The van der Waals surface area contributed by atoms with Crippen LogP contribution in [0.3, 0.4) is 0 Å². The summed E-state index contributed by atoms with van der Waals surface area (Å²) in [6.45, 7) is 6.53. The fourth-order valence-electron chi connectivity index (χ4n) is 3.76. The molecular weight excluding hydrogens is 332 g/mol. The van der Waals surface area contributed by atoms with Gasteiger partial charge in [-0.2, -0.15) is 0 Å². The maximum Gasteiger partial charge on any atom is 0.161 e. The number of morpholine rings is 1. The van der Waals surface area contributed by atoms with Gasteiger partial charge in [-0.3, -0.25) is 4.90 Å². The number of ether oxygens (including phenoxy) is 3. The lowest BCUT2D eigenvalue weighted by atomic mass is 10.1. The molecule has 2 aliphatic rings. The minimum absolute atomic E-state index is 0.0100. The third-order valence-corrected chi connectivity index (χ3v) is 5.10. The maximum atomic E-state index is 10.4. The van der Waals surface area contributed by atoms with Crippen molar-refractivity contribution < 1.29 is 19.3 Å². The van der Waals surface area contributed by atoms with Gasteiger partial charge in [-0.05, 0) is 38.1 Å².